The Hall–Kier alpha value is -1.55. The summed E-state index contributed by atoms with van der Waals surface area (Å²) in [5, 5.41) is 11.9. The molecule has 2 amide bonds. The number of hydrogen-bond acceptors (Lipinski definition) is 2. The summed E-state index contributed by atoms with van der Waals surface area (Å²) in [5.41, 5.74) is 1.34. The molecule has 0 aliphatic carbocycles. The number of unbranched alkanes of at least 4 members (excludes halogenated alkanes) is 1. The normalized spacial score (nSPS) is 15.3. The minimum Gasteiger partial charge on any atom is -0.389 e. The van der Waals surface area contributed by atoms with Crippen LogP contribution in [0.3, 0.4) is 0 Å². The Balaban J connectivity index is 1.52. The summed E-state index contributed by atoms with van der Waals surface area (Å²) in [4.78, 5) is 13.1. The van der Waals surface area contributed by atoms with E-state index in [-0.39, 0.29) is 12.1 Å². The van der Waals surface area contributed by atoms with E-state index in [9.17, 15) is 4.79 Å². The Bertz CT molecular complexity index is 375. The molecule has 1 heterocycles. The maximum atomic E-state index is 11.5. The van der Waals surface area contributed by atoms with E-state index in [1.807, 2.05) is 18.2 Å². The van der Waals surface area contributed by atoms with Crippen LogP contribution >= 0.6 is 0 Å². The zero-order valence-electron chi connectivity index (χ0n) is 10.5. The fraction of sp³-hybridized carbons (Fsp3) is 0.500. The molecule has 1 saturated heterocycles. The van der Waals surface area contributed by atoms with Crippen LogP contribution in [0.15, 0.2) is 30.3 Å². The van der Waals surface area contributed by atoms with E-state index in [1.165, 1.54) is 5.56 Å². The van der Waals surface area contributed by atoms with Gasteiger partial charge in [-0.05, 0) is 24.8 Å². The number of aliphatic hydroxyl groups excluding tert-OH is 1. The molecule has 0 spiro atoms. The minimum atomic E-state index is -0.325. The van der Waals surface area contributed by atoms with Gasteiger partial charge in [0.2, 0.25) is 0 Å². The number of carbonyl (C=O) groups excluding carboxylic acids is 1. The van der Waals surface area contributed by atoms with Gasteiger partial charge in [0.05, 0.1) is 19.2 Å². The third-order valence-corrected chi connectivity index (χ3v) is 3.16. The first-order chi connectivity index (χ1) is 8.75. The summed E-state index contributed by atoms with van der Waals surface area (Å²) in [6, 6.07) is 10.3. The monoisotopic (exact) mass is 248 g/mol. The second kappa shape index (κ2) is 6.40. The highest BCUT2D eigenvalue weighted by Crippen LogP contribution is 2.07. The first-order valence-electron chi connectivity index (χ1n) is 6.50. The second-order valence-corrected chi connectivity index (χ2v) is 4.73. The predicted octanol–water partition coefficient (Wildman–Crippen LogP) is 1.40. The minimum absolute atomic E-state index is 0.0555. The van der Waals surface area contributed by atoms with Gasteiger partial charge < -0.3 is 15.3 Å². The van der Waals surface area contributed by atoms with Crippen LogP contribution in [0.4, 0.5) is 4.79 Å². The van der Waals surface area contributed by atoms with Gasteiger partial charge in [0, 0.05) is 6.54 Å². The first kappa shape index (κ1) is 12.9. The van der Waals surface area contributed by atoms with E-state index in [2.05, 4.69) is 17.4 Å². The van der Waals surface area contributed by atoms with Gasteiger partial charge in [0.1, 0.15) is 0 Å². The second-order valence-electron chi connectivity index (χ2n) is 4.73. The van der Waals surface area contributed by atoms with Crippen LogP contribution in [0, 0.1) is 0 Å². The van der Waals surface area contributed by atoms with Crippen molar-refractivity contribution in [3.63, 3.8) is 0 Å². The van der Waals surface area contributed by atoms with Gasteiger partial charge in [-0.25, -0.2) is 4.79 Å². The molecule has 1 aliphatic rings. The molecule has 98 valence electrons. The summed E-state index contributed by atoms with van der Waals surface area (Å²) in [6.07, 6.45) is 2.79. The average Bonchev–Trinajstić information content (AvgIpc) is 2.35. The Morgan fingerprint density at radius 3 is 2.67 bits per heavy atom. The third kappa shape index (κ3) is 3.74. The van der Waals surface area contributed by atoms with E-state index in [4.69, 9.17) is 5.11 Å². The molecule has 0 saturated carbocycles. The summed E-state index contributed by atoms with van der Waals surface area (Å²) < 4.78 is 0. The predicted molar refractivity (Wildman–Crippen MR) is 70.4 cm³/mol. The molecule has 0 bridgehead atoms. The number of likely N-dealkylation sites (tertiary alicyclic amines) is 1. The summed E-state index contributed by atoms with van der Waals surface area (Å²) in [7, 11) is 0. The fourth-order valence-electron chi connectivity index (χ4n) is 2.03. The van der Waals surface area contributed by atoms with Crippen molar-refractivity contribution in [2.24, 2.45) is 0 Å². The largest absolute Gasteiger partial charge is 0.389 e. The van der Waals surface area contributed by atoms with Gasteiger partial charge in [0.15, 0.2) is 0 Å². The maximum Gasteiger partial charge on any atom is 0.317 e. The lowest BCUT2D eigenvalue weighted by molar-refractivity contribution is 0.0266. The van der Waals surface area contributed by atoms with E-state index >= 15 is 0 Å². The molecule has 18 heavy (non-hydrogen) atoms. The summed E-state index contributed by atoms with van der Waals surface area (Å²) in [5.74, 6) is 0. The number of hydrogen-bond donors (Lipinski definition) is 2. The lowest BCUT2D eigenvalue weighted by Gasteiger charge is -2.35. The van der Waals surface area contributed by atoms with Gasteiger partial charge in [-0.2, -0.15) is 0 Å². The Morgan fingerprint density at radius 2 is 2.00 bits per heavy atom. The molecule has 4 heteroatoms. The number of nitrogens with one attached hydrogen (secondary N) is 1. The molecule has 0 atom stereocenters. The summed E-state index contributed by atoms with van der Waals surface area (Å²) >= 11 is 0. The molecule has 1 aliphatic heterocycles. The van der Waals surface area contributed by atoms with Gasteiger partial charge in [-0.15, -0.1) is 0 Å². The zero-order valence-corrected chi connectivity index (χ0v) is 10.5. The van der Waals surface area contributed by atoms with Crippen LogP contribution in [0.5, 0.6) is 0 Å². The number of aliphatic hydroxyl groups is 1. The molecule has 0 aromatic heterocycles. The van der Waals surface area contributed by atoms with Crippen molar-refractivity contribution in [1.29, 1.82) is 0 Å². The number of benzene rings is 1. The highest BCUT2D eigenvalue weighted by molar-refractivity contribution is 5.75. The highest BCUT2D eigenvalue weighted by Gasteiger charge is 2.28. The molecule has 2 rings (SSSR count). The highest BCUT2D eigenvalue weighted by atomic mass is 16.3. The number of amides is 2. The molecule has 4 nitrogen and oxygen atoms in total. The van der Waals surface area contributed by atoms with Gasteiger partial charge in [-0.3, -0.25) is 0 Å². The van der Waals surface area contributed by atoms with Crippen LogP contribution in [0.25, 0.3) is 0 Å². The molecule has 1 fully saturated rings. The Labute approximate surface area is 108 Å². The van der Waals surface area contributed by atoms with Gasteiger partial charge in [0.25, 0.3) is 0 Å². The number of β-amino-alcohol motifs (C(OH)–C–C–N with tert-alkyl or cyclic N) is 1. The number of aryl methyl sites for hydroxylation is 1. The zero-order chi connectivity index (χ0) is 12.8. The van der Waals surface area contributed by atoms with Crippen molar-refractivity contribution in [2.75, 3.05) is 19.6 Å². The maximum absolute atomic E-state index is 11.5. The Kier molecular flexibility index (Phi) is 4.59. The van der Waals surface area contributed by atoms with Crippen LogP contribution in [-0.2, 0) is 6.42 Å². The lowest BCUT2D eigenvalue weighted by Crippen LogP contribution is -2.56. The van der Waals surface area contributed by atoms with Crippen LogP contribution in [0.1, 0.15) is 18.4 Å². The SMILES string of the molecule is O=C(NCCCCc1ccccc1)N1CC(O)C1. The van der Waals surface area contributed by atoms with Crippen LogP contribution in [-0.4, -0.2) is 41.8 Å². The van der Waals surface area contributed by atoms with Crippen LogP contribution < -0.4 is 5.32 Å². The quantitative estimate of drug-likeness (QED) is 0.774. The smallest absolute Gasteiger partial charge is 0.317 e. The van der Waals surface area contributed by atoms with E-state index in [1.54, 1.807) is 4.90 Å². The van der Waals surface area contributed by atoms with Crippen molar-refractivity contribution < 1.29 is 9.90 Å². The van der Waals surface area contributed by atoms with Gasteiger partial charge in [-0.1, -0.05) is 30.3 Å². The van der Waals surface area contributed by atoms with Crippen LogP contribution in [0.2, 0.25) is 0 Å². The molecule has 1 aromatic carbocycles. The average molecular weight is 248 g/mol. The lowest BCUT2D eigenvalue weighted by atomic mass is 10.1. The van der Waals surface area contributed by atoms with Crippen molar-refractivity contribution in [1.82, 2.24) is 10.2 Å². The molecule has 2 N–H and O–H groups in total. The molecular weight excluding hydrogens is 228 g/mol. The summed E-state index contributed by atoms with van der Waals surface area (Å²) in [6.45, 7) is 1.64. The fourth-order valence-corrected chi connectivity index (χ4v) is 2.03. The van der Waals surface area contributed by atoms with Crippen molar-refractivity contribution in [3.05, 3.63) is 35.9 Å². The van der Waals surface area contributed by atoms with Crippen molar-refractivity contribution in [2.45, 2.75) is 25.4 Å². The van der Waals surface area contributed by atoms with Gasteiger partial charge >= 0.3 is 6.03 Å². The molecule has 0 radical (unpaired) electrons. The van der Waals surface area contributed by atoms with E-state index in [0.717, 1.165) is 19.3 Å². The molecule has 1 aromatic rings. The number of rotatable bonds is 5. The first-order valence-corrected chi connectivity index (χ1v) is 6.50. The van der Waals surface area contributed by atoms with Crippen molar-refractivity contribution >= 4 is 6.03 Å². The molecule has 0 unspecified atom stereocenters. The van der Waals surface area contributed by atoms with E-state index in [0.29, 0.717) is 19.6 Å². The number of carbonyl (C=O) groups is 1. The van der Waals surface area contributed by atoms with Crippen molar-refractivity contribution in [3.8, 4) is 0 Å². The topological polar surface area (TPSA) is 52.6 Å². The third-order valence-electron chi connectivity index (χ3n) is 3.16. The number of nitrogens with zero attached hydrogens (tertiary/aromatic N) is 1. The number of urea groups is 1. The van der Waals surface area contributed by atoms with E-state index < -0.39 is 0 Å². The molecular formula is C14H20N2O2. The standard InChI is InChI=1S/C14H20N2O2/c17-13-10-16(11-13)14(18)15-9-5-4-8-12-6-2-1-3-7-12/h1-3,6-7,13,17H,4-5,8-11H2,(H,15,18). The Morgan fingerprint density at radius 1 is 1.28 bits per heavy atom.